The maximum Gasteiger partial charge on any atom is 0.405 e. The molecule has 0 aliphatic heterocycles. The Hall–Kier alpha value is -1.86. The number of aromatic nitrogens is 2. The topological polar surface area (TPSA) is 78.9 Å². The highest BCUT2D eigenvalue weighted by Gasteiger charge is 2.32. The average Bonchev–Trinajstić information content (AvgIpc) is 2.29. The molecule has 0 amide bonds. The molecule has 20 heavy (non-hydrogen) atoms. The van der Waals surface area contributed by atoms with Crippen LogP contribution in [0, 0.1) is 19.3 Å². The van der Waals surface area contributed by atoms with Gasteiger partial charge in [-0.15, -0.1) is 5.10 Å². The third-order valence-electron chi connectivity index (χ3n) is 2.87. The summed E-state index contributed by atoms with van der Waals surface area (Å²) in [5.74, 6) is -0.293. The summed E-state index contributed by atoms with van der Waals surface area (Å²) >= 11 is 0. The molecule has 0 aliphatic rings. The number of nitrogen functional groups attached to an aromatic ring is 1. The maximum atomic E-state index is 12.7. The van der Waals surface area contributed by atoms with Gasteiger partial charge in [-0.3, -0.25) is 5.41 Å². The highest BCUT2D eigenvalue weighted by Crippen LogP contribution is 2.25. The van der Waals surface area contributed by atoms with Crippen molar-refractivity contribution in [1.29, 1.82) is 5.41 Å². The van der Waals surface area contributed by atoms with Crippen LogP contribution in [-0.4, -0.2) is 35.3 Å². The van der Waals surface area contributed by atoms with E-state index in [4.69, 9.17) is 11.1 Å². The van der Waals surface area contributed by atoms with Crippen molar-refractivity contribution in [3.05, 3.63) is 16.8 Å². The number of nitrogens with zero attached hydrogens (tertiary/aromatic N) is 3. The van der Waals surface area contributed by atoms with Crippen LogP contribution in [0.25, 0.3) is 0 Å². The molecule has 0 saturated heterocycles. The Bertz CT molecular complexity index is 499. The Morgan fingerprint density at radius 2 is 1.90 bits per heavy atom. The van der Waals surface area contributed by atoms with E-state index < -0.39 is 12.7 Å². The molecule has 0 aromatic carbocycles. The van der Waals surface area contributed by atoms with Gasteiger partial charge < -0.3 is 10.6 Å². The van der Waals surface area contributed by atoms with E-state index in [9.17, 15) is 13.2 Å². The van der Waals surface area contributed by atoms with Crippen LogP contribution in [0.3, 0.4) is 0 Å². The molecule has 0 bridgehead atoms. The van der Waals surface area contributed by atoms with Crippen LogP contribution in [0.2, 0.25) is 0 Å². The number of rotatable bonds is 5. The second kappa shape index (κ2) is 6.06. The van der Waals surface area contributed by atoms with Crippen LogP contribution in [0.5, 0.6) is 0 Å². The molecule has 0 spiro atoms. The summed E-state index contributed by atoms with van der Waals surface area (Å²) in [6.45, 7) is 4.13. The minimum Gasteiger partial charge on any atom is -0.384 e. The Morgan fingerprint density at radius 1 is 1.30 bits per heavy atom. The van der Waals surface area contributed by atoms with Gasteiger partial charge in [0.25, 0.3) is 0 Å². The third kappa shape index (κ3) is 3.82. The Balaban J connectivity index is 3.33. The van der Waals surface area contributed by atoms with E-state index in [1.54, 1.807) is 20.8 Å². The molecule has 1 aromatic heterocycles. The highest BCUT2D eigenvalue weighted by atomic mass is 19.4. The van der Waals surface area contributed by atoms with Crippen LogP contribution in [0.1, 0.15) is 30.2 Å². The fourth-order valence-corrected chi connectivity index (χ4v) is 1.89. The minimum absolute atomic E-state index is 0.0137. The molecule has 1 rings (SSSR count). The van der Waals surface area contributed by atoms with Gasteiger partial charge in [-0.25, -0.2) is 0 Å². The molecule has 1 heterocycles. The predicted molar refractivity (Wildman–Crippen MR) is 71.1 cm³/mol. The lowest BCUT2D eigenvalue weighted by atomic mass is 10.1. The van der Waals surface area contributed by atoms with Gasteiger partial charge in [-0.05, 0) is 25.8 Å². The molecular weight excluding hydrogens is 271 g/mol. The van der Waals surface area contributed by atoms with Crippen molar-refractivity contribution in [2.75, 3.05) is 18.0 Å². The summed E-state index contributed by atoms with van der Waals surface area (Å²) < 4.78 is 38.0. The van der Waals surface area contributed by atoms with Gasteiger partial charge >= 0.3 is 6.18 Å². The van der Waals surface area contributed by atoms with Gasteiger partial charge in [-0.1, -0.05) is 6.92 Å². The summed E-state index contributed by atoms with van der Waals surface area (Å²) in [7, 11) is 0. The quantitative estimate of drug-likeness (QED) is 0.643. The molecule has 0 unspecified atom stereocenters. The van der Waals surface area contributed by atoms with Crippen LogP contribution >= 0.6 is 0 Å². The molecule has 112 valence electrons. The fraction of sp³-hybridized carbons (Fsp3) is 0.583. The SMILES string of the molecule is CCCN(CC(F)(F)F)c1nnc(C)c(C)c1C(=N)N. The molecule has 3 N–H and O–H groups in total. The largest absolute Gasteiger partial charge is 0.405 e. The molecule has 0 aliphatic carbocycles. The summed E-state index contributed by atoms with van der Waals surface area (Å²) in [4.78, 5) is 1.07. The Kier molecular flexibility index (Phi) is 4.91. The van der Waals surface area contributed by atoms with Gasteiger partial charge in [0.05, 0.1) is 11.3 Å². The van der Waals surface area contributed by atoms with Crippen molar-refractivity contribution < 1.29 is 13.2 Å². The smallest absolute Gasteiger partial charge is 0.384 e. The lowest BCUT2D eigenvalue weighted by Gasteiger charge is -2.26. The standard InChI is InChI=1S/C12H18F3N5/c1-4-5-20(6-12(13,14)15)11-9(10(16)17)7(2)8(3)18-19-11/h4-6H2,1-3H3,(H3,16,17). The fourth-order valence-electron chi connectivity index (χ4n) is 1.89. The van der Waals surface area contributed by atoms with Gasteiger partial charge in [0.15, 0.2) is 5.82 Å². The van der Waals surface area contributed by atoms with Crippen LogP contribution in [0.15, 0.2) is 0 Å². The summed E-state index contributed by atoms with van der Waals surface area (Å²) in [6.07, 6.45) is -3.84. The first-order valence-electron chi connectivity index (χ1n) is 6.17. The monoisotopic (exact) mass is 289 g/mol. The number of nitrogens with two attached hydrogens (primary N) is 1. The molecule has 0 atom stereocenters. The van der Waals surface area contributed by atoms with Crippen molar-refractivity contribution in [3.63, 3.8) is 0 Å². The molecule has 0 radical (unpaired) electrons. The number of anilines is 1. The number of hydrogen-bond acceptors (Lipinski definition) is 4. The zero-order chi connectivity index (χ0) is 15.5. The van der Waals surface area contributed by atoms with E-state index in [2.05, 4.69) is 10.2 Å². The zero-order valence-corrected chi connectivity index (χ0v) is 11.7. The molecule has 5 nitrogen and oxygen atoms in total. The van der Waals surface area contributed by atoms with Crippen molar-refractivity contribution in [3.8, 4) is 0 Å². The first-order chi connectivity index (χ1) is 9.17. The summed E-state index contributed by atoms with van der Waals surface area (Å²) in [6, 6.07) is 0. The normalized spacial score (nSPS) is 11.5. The van der Waals surface area contributed by atoms with Gasteiger partial charge in [0.2, 0.25) is 0 Å². The summed E-state index contributed by atoms with van der Waals surface area (Å²) in [5, 5.41) is 15.2. The number of nitrogens with one attached hydrogen (secondary N) is 1. The van der Waals surface area contributed by atoms with Crippen LogP contribution in [-0.2, 0) is 0 Å². The predicted octanol–water partition coefficient (Wildman–Crippen LogP) is 2.16. The van der Waals surface area contributed by atoms with Crippen molar-refractivity contribution in [2.45, 2.75) is 33.4 Å². The van der Waals surface area contributed by atoms with E-state index >= 15 is 0 Å². The number of halogens is 3. The van der Waals surface area contributed by atoms with Gasteiger partial charge in [0.1, 0.15) is 12.4 Å². The highest BCUT2D eigenvalue weighted by molar-refractivity contribution is 6.01. The lowest BCUT2D eigenvalue weighted by molar-refractivity contribution is -0.119. The van der Waals surface area contributed by atoms with E-state index in [0.717, 1.165) is 4.90 Å². The average molecular weight is 289 g/mol. The molecule has 0 fully saturated rings. The lowest BCUT2D eigenvalue weighted by Crippen LogP contribution is -2.37. The second-order valence-corrected chi connectivity index (χ2v) is 4.56. The van der Waals surface area contributed by atoms with Gasteiger partial charge in [-0.2, -0.15) is 18.3 Å². The minimum atomic E-state index is -4.36. The first-order valence-corrected chi connectivity index (χ1v) is 6.17. The van der Waals surface area contributed by atoms with E-state index in [-0.39, 0.29) is 23.8 Å². The third-order valence-corrected chi connectivity index (χ3v) is 2.87. The van der Waals surface area contributed by atoms with E-state index in [0.29, 0.717) is 17.7 Å². The maximum absolute atomic E-state index is 12.7. The van der Waals surface area contributed by atoms with Gasteiger partial charge in [0, 0.05) is 6.54 Å². The molecule has 1 aromatic rings. The van der Waals surface area contributed by atoms with Crippen LogP contribution in [0.4, 0.5) is 19.0 Å². The van der Waals surface area contributed by atoms with Crippen molar-refractivity contribution >= 4 is 11.7 Å². The number of amidine groups is 1. The van der Waals surface area contributed by atoms with E-state index in [1.807, 2.05) is 0 Å². The van der Waals surface area contributed by atoms with Crippen molar-refractivity contribution in [2.24, 2.45) is 5.73 Å². The summed E-state index contributed by atoms with van der Waals surface area (Å²) in [5.41, 5.74) is 6.83. The molecule has 0 saturated carbocycles. The Labute approximate surface area is 115 Å². The van der Waals surface area contributed by atoms with E-state index in [1.165, 1.54) is 0 Å². The first kappa shape index (κ1) is 16.2. The number of aryl methyl sites for hydroxylation is 1. The zero-order valence-electron chi connectivity index (χ0n) is 11.7. The number of hydrogen-bond donors (Lipinski definition) is 2. The Morgan fingerprint density at radius 3 is 2.35 bits per heavy atom. The number of alkyl halides is 3. The molecular formula is C12H18F3N5. The molecule has 8 heteroatoms. The second-order valence-electron chi connectivity index (χ2n) is 4.56. The van der Waals surface area contributed by atoms with Crippen LogP contribution < -0.4 is 10.6 Å². The van der Waals surface area contributed by atoms with Crippen molar-refractivity contribution in [1.82, 2.24) is 10.2 Å².